The van der Waals surface area contributed by atoms with Gasteiger partial charge in [0.05, 0.1) is 17.7 Å². The average Bonchev–Trinajstić information content (AvgIpc) is 2.37. The van der Waals surface area contributed by atoms with Crippen LogP contribution in [-0.2, 0) is 14.8 Å². The Hall–Kier alpha value is -0.860. The molecule has 0 atom stereocenters. The van der Waals surface area contributed by atoms with Crippen LogP contribution >= 0.6 is 24.0 Å². The van der Waals surface area contributed by atoms with Gasteiger partial charge in [-0.05, 0) is 31.2 Å². The molecule has 114 valence electrons. The molecular formula is C11H16Cl2N2O4S. The molecule has 1 aromatic rings. The Morgan fingerprint density at radius 3 is 2.60 bits per heavy atom. The van der Waals surface area contributed by atoms with Gasteiger partial charge in [0.25, 0.3) is 0 Å². The third kappa shape index (κ3) is 4.92. The van der Waals surface area contributed by atoms with E-state index in [0.717, 1.165) is 0 Å². The standard InChI is InChI=1S/C11H15ClN2O4S.ClH/c1-18-11(15)8-3-4-10(9(12)7-8)19(16,17)14-6-2-5-13;/h3-4,7,14H,2,5-6,13H2,1H3;1H. The molecule has 0 saturated carbocycles. The molecule has 6 nitrogen and oxygen atoms in total. The number of nitrogens with two attached hydrogens (primary N) is 1. The van der Waals surface area contributed by atoms with Gasteiger partial charge in [0.1, 0.15) is 4.90 Å². The van der Waals surface area contributed by atoms with Crippen LogP contribution in [-0.4, -0.2) is 34.6 Å². The predicted molar refractivity (Wildman–Crippen MR) is 78.9 cm³/mol. The van der Waals surface area contributed by atoms with Gasteiger partial charge >= 0.3 is 5.97 Å². The SMILES string of the molecule is COC(=O)c1ccc(S(=O)(=O)NCCCN)c(Cl)c1.Cl. The van der Waals surface area contributed by atoms with Crippen molar-refractivity contribution in [3.63, 3.8) is 0 Å². The second kappa shape index (κ2) is 8.43. The van der Waals surface area contributed by atoms with Crippen LogP contribution in [0.1, 0.15) is 16.8 Å². The number of ether oxygens (including phenoxy) is 1. The van der Waals surface area contributed by atoms with E-state index in [-0.39, 0.29) is 34.4 Å². The highest BCUT2D eigenvalue weighted by Crippen LogP contribution is 2.22. The van der Waals surface area contributed by atoms with Gasteiger partial charge in [0.15, 0.2) is 0 Å². The van der Waals surface area contributed by atoms with E-state index in [1.807, 2.05) is 0 Å². The maximum Gasteiger partial charge on any atom is 0.337 e. The number of sulfonamides is 1. The van der Waals surface area contributed by atoms with Crippen molar-refractivity contribution in [3.05, 3.63) is 28.8 Å². The lowest BCUT2D eigenvalue weighted by atomic mass is 10.2. The molecule has 0 heterocycles. The van der Waals surface area contributed by atoms with E-state index in [1.165, 1.54) is 25.3 Å². The maximum atomic E-state index is 11.9. The third-order valence-corrected chi connectivity index (χ3v) is 4.26. The summed E-state index contributed by atoms with van der Waals surface area (Å²) in [7, 11) is -2.47. The second-order valence-electron chi connectivity index (χ2n) is 3.68. The van der Waals surface area contributed by atoms with Crippen LogP contribution in [0.15, 0.2) is 23.1 Å². The van der Waals surface area contributed by atoms with Crippen LogP contribution in [0.25, 0.3) is 0 Å². The lowest BCUT2D eigenvalue weighted by Gasteiger charge is -2.08. The number of hydrogen-bond acceptors (Lipinski definition) is 5. The van der Waals surface area contributed by atoms with Gasteiger partial charge in [0, 0.05) is 6.54 Å². The van der Waals surface area contributed by atoms with Gasteiger partial charge in [-0.25, -0.2) is 17.9 Å². The number of carbonyl (C=O) groups excluding carboxylic acids is 1. The molecule has 0 unspecified atom stereocenters. The highest BCUT2D eigenvalue weighted by atomic mass is 35.5. The van der Waals surface area contributed by atoms with Crippen LogP contribution in [0.3, 0.4) is 0 Å². The predicted octanol–water partition coefficient (Wildman–Crippen LogP) is 1.18. The van der Waals surface area contributed by atoms with Gasteiger partial charge in [-0.15, -0.1) is 12.4 Å². The van der Waals surface area contributed by atoms with E-state index < -0.39 is 16.0 Å². The minimum atomic E-state index is -3.70. The summed E-state index contributed by atoms with van der Waals surface area (Å²) < 4.78 is 30.7. The third-order valence-electron chi connectivity index (χ3n) is 2.32. The van der Waals surface area contributed by atoms with Crippen molar-refractivity contribution in [2.75, 3.05) is 20.2 Å². The fraction of sp³-hybridized carbons (Fsp3) is 0.364. The van der Waals surface area contributed by atoms with E-state index >= 15 is 0 Å². The number of nitrogens with one attached hydrogen (secondary N) is 1. The Labute approximate surface area is 129 Å². The quantitative estimate of drug-likeness (QED) is 0.597. The van der Waals surface area contributed by atoms with E-state index in [2.05, 4.69) is 9.46 Å². The van der Waals surface area contributed by atoms with Crippen LogP contribution in [0.2, 0.25) is 5.02 Å². The highest BCUT2D eigenvalue weighted by molar-refractivity contribution is 7.89. The van der Waals surface area contributed by atoms with Gasteiger partial charge in [-0.3, -0.25) is 0 Å². The number of methoxy groups -OCH3 is 1. The number of hydrogen-bond donors (Lipinski definition) is 2. The Bertz CT molecular complexity index is 564. The smallest absolute Gasteiger partial charge is 0.337 e. The zero-order valence-electron chi connectivity index (χ0n) is 10.8. The molecule has 0 bridgehead atoms. The normalized spacial score (nSPS) is 10.8. The first-order chi connectivity index (χ1) is 8.92. The topological polar surface area (TPSA) is 98.5 Å². The number of benzene rings is 1. The first-order valence-electron chi connectivity index (χ1n) is 5.50. The number of halogens is 2. The molecule has 0 aromatic heterocycles. The number of esters is 1. The lowest BCUT2D eigenvalue weighted by Crippen LogP contribution is -2.26. The Balaban J connectivity index is 0.00000361. The Morgan fingerprint density at radius 2 is 2.10 bits per heavy atom. The molecule has 20 heavy (non-hydrogen) atoms. The lowest BCUT2D eigenvalue weighted by molar-refractivity contribution is 0.0600. The fourth-order valence-electron chi connectivity index (χ4n) is 1.35. The molecule has 0 saturated heterocycles. The van der Waals surface area contributed by atoms with Crippen molar-refractivity contribution >= 4 is 40.0 Å². The van der Waals surface area contributed by atoms with Crippen molar-refractivity contribution in [2.45, 2.75) is 11.3 Å². The fourth-order valence-corrected chi connectivity index (χ4v) is 2.97. The summed E-state index contributed by atoms with van der Waals surface area (Å²) in [6, 6.07) is 3.86. The molecule has 0 fully saturated rings. The highest BCUT2D eigenvalue weighted by Gasteiger charge is 2.19. The van der Waals surface area contributed by atoms with Crippen molar-refractivity contribution in [1.82, 2.24) is 4.72 Å². The molecule has 0 aliphatic heterocycles. The molecule has 0 amide bonds. The van der Waals surface area contributed by atoms with Crippen LogP contribution in [0.5, 0.6) is 0 Å². The van der Waals surface area contributed by atoms with Crippen molar-refractivity contribution in [3.8, 4) is 0 Å². The minimum absolute atomic E-state index is 0. The van der Waals surface area contributed by atoms with E-state index in [0.29, 0.717) is 13.0 Å². The molecule has 9 heteroatoms. The van der Waals surface area contributed by atoms with Crippen molar-refractivity contribution < 1.29 is 17.9 Å². The summed E-state index contributed by atoms with van der Waals surface area (Å²) in [6.45, 7) is 0.617. The summed E-state index contributed by atoms with van der Waals surface area (Å²) in [6.07, 6.45) is 0.525. The zero-order valence-corrected chi connectivity index (χ0v) is 13.1. The molecular weight excluding hydrogens is 327 g/mol. The summed E-state index contributed by atoms with van der Waals surface area (Å²) in [4.78, 5) is 11.2. The monoisotopic (exact) mass is 342 g/mol. The van der Waals surface area contributed by atoms with Gasteiger partial charge in [-0.1, -0.05) is 11.6 Å². The largest absolute Gasteiger partial charge is 0.465 e. The number of carbonyl (C=O) groups is 1. The molecule has 1 aromatic carbocycles. The summed E-state index contributed by atoms with van der Waals surface area (Å²) >= 11 is 5.88. The average molecular weight is 343 g/mol. The van der Waals surface area contributed by atoms with E-state index in [4.69, 9.17) is 17.3 Å². The van der Waals surface area contributed by atoms with Gasteiger partial charge < -0.3 is 10.5 Å². The van der Waals surface area contributed by atoms with Crippen molar-refractivity contribution in [2.24, 2.45) is 5.73 Å². The van der Waals surface area contributed by atoms with Crippen LogP contribution in [0.4, 0.5) is 0 Å². The molecule has 0 aliphatic rings. The molecule has 1 rings (SSSR count). The van der Waals surface area contributed by atoms with Gasteiger partial charge in [-0.2, -0.15) is 0 Å². The Kier molecular flexibility index (Phi) is 8.07. The first kappa shape index (κ1) is 19.1. The van der Waals surface area contributed by atoms with E-state index in [9.17, 15) is 13.2 Å². The molecule has 0 aliphatic carbocycles. The summed E-state index contributed by atoms with van der Waals surface area (Å²) in [5.41, 5.74) is 5.47. The van der Waals surface area contributed by atoms with Crippen LogP contribution < -0.4 is 10.5 Å². The molecule has 0 radical (unpaired) electrons. The van der Waals surface area contributed by atoms with E-state index in [1.54, 1.807) is 0 Å². The zero-order chi connectivity index (χ0) is 14.5. The molecule has 0 spiro atoms. The minimum Gasteiger partial charge on any atom is -0.465 e. The summed E-state index contributed by atoms with van der Waals surface area (Å²) in [5.74, 6) is -0.582. The summed E-state index contributed by atoms with van der Waals surface area (Å²) in [5, 5.41) is -0.0388. The molecule has 3 N–H and O–H groups in total. The maximum absolute atomic E-state index is 11.9. The number of rotatable bonds is 6. The van der Waals surface area contributed by atoms with Gasteiger partial charge in [0.2, 0.25) is 10.0 Å². The first-order valence-corrected chi connectivity index (χ1v) is 7.36. The van der Waals surface area contributed by atoms with Crippen molar-refractivity contribution in [1.29, 1.82) is 0 Å². The van der Waals surface area contributed by atoms with Crippen LogP contribution in [0, 0.1) is 0 Å². The second-order valence-corrected chi connectivity index (χ2v) is 5.82. The Morgan fingerprint density at radius 1 is 1.45 bits per heavy atom.